The highest BCUT2D eigenvalue weighted by Crippen LogP contribution is 2.38. The quantitative estimate of drug-likeness (QED) is 0.161. The molecule has 2 heterocycles. The minimum atomic E-state index is 0.863. The van der Waals surface area contributed by atoms with Gasteiger partial charge in [-0.25, -0.2) is 4.98 Å². The van der Waals surface area contributed by atoms with Crippen LogP contribution in [0.3, 0.4) is 0 Å². The predicted octanol–water partition coefficient (Wildman–Crippen LogP) is 13.8. The molecule has 11 rings (SSSR count). The topological polar surface area (TPSA) is 34.0 Å². The molecule has 0 aliphatic heterocycles. The molecule has 0 unspecified atom stereocenters. The van der Waals surface area contributed by atoms with Gasteiger partial charge in [-0.05, 0) is 82.6 Å². The fraction of sp³-hybridized carbons (Fsp3) is 0. The van der Waals surface area contributed by atoms with Crippen molar-refractivity contribution in [2.75, 3.05) is 4.90 Å². The molecule has 0 amide bonds. The Labute approximate surface area is 324 Å². The molecule has 0 saturated heterocycles. The van der Waals surface area contributed by atoms with Gasteiger partial charge in [0.05, 0.1) is 34.0 Å². The Morgan fingerprint density at radius 2 is 0.768 bits per heavy atom. The average molecular weight is 715 g/mol. The van der Waals surface area contributed by atoms with Crippen molar-refractivity contribution in [3.63, 3.8) is 0 Å². The van der Waals surface area contributed by atoms with E-state index in [0.29, 0.717) is 0 Å². The second-order valence-corrected chi connectivity index (χ2v) is 14.2. The van der Waals surface area contributed by atoms with Gasteiger partial charge >= 0.3 is 0 Å². The van der Waals surface area contributed by atoms with E-state index in [0.717, 1.165) is 66.9 Å². The molecule has 2 aromatic heterocycles. The molecule has 262 valence electrons. The van der Waals surface area contributed by atoms with Crippen LogP contribution in [0.25, 0.3) is 82.5 Å². The van der Waals surface area contributed by atoms with Crippen molar-refractivity contribution in [3.8, 4) is 28.1 Å². The molecule has 11 aromatic rings. The van der Waals surface area contributed by atoms with Crippen molar-refractivity contribution in [3.05, 3.63) is 206 Å². The molecule has 4 heteroatoms. The van der Waals surface area contributed by atoms with E-state index in [1.165, 1.54) is 32.6 Å². The van der Waals surface area contributed by atoms with Crippen LogP contribution in [0.5, 0.6) is 0 Å². The second kappa shape index (κ2) is 13.1. The summed E-state index contributed by atoms with van der Waals surface area (Å²) in [5.41, 5.74) is 12.9. The van der Waals surface area contributed by atoms with Gasteiger partial charge in [0.25, 0.3) is 0 Å². The van der Waals surface area contributed by atoms with Crippen LogP contribution >= 0.6 is 0 Å². The number of fused-ring (bicyclic) bond motifs is 9. The number of nitrogens with zero attached hydrogens (tertiary/aromatic N) is 4. The highest BCUT2D eigenvalue weighted by molar-refractivity contribution is 6.23. The smallest absolute Gasteiger partial charge is 0.0979 e. The van der Waals surface area contributed by atoms with Gasteiger partial charge in [0.1, 0.15) is 0 Å². The van der Waals surface area contributed by atoms with Gasteiger partial charge in [-0.15, -0.1) is 0 Å². The number of benzene rings is 9. The Kier molecular flexibility index (Phi) is 7.46. The first-order valence-corrected chi connectivity index (χ1v) is 19.0. The van der Waals surface area contributed by atoms with Crippen LogP contribution in [0.15, 0.2) is 206 Å². The number of para-hydroxylation sites is 3. The summed E-state index contributed by atoms with van der Waals surface area (Å²) < 4.78 is 2.36. The van der Waals surface area contributed by atoms with Crippen LogP contribution in [0, 0.1) is 0 Å². The molecule has 0 fully saturated rings. The lowest BCUT2D eigenvalue weighted by molar-refractivity contribution is 1.17. The molecule has 56 heavy (non-hydrogen) atoms. The van der Waals surface area contributed by atoms with Crippen LogP contribution in [0.1, 0.15) is 0 Å². The number of aromatic nitrogens is 3. The van der Waals surface area contributed by atoms with E-state index >= 15 is 0 Å². The first-order chi connectivity index (χ1) is 27.8. The summed E-state index contributed by atoms with van der Waals surface area (Å²) in [6.07, 6.45) is 1.90. The molecule has 0 aliphatic carbocycles. The van der Waals surface area contributed by atoms with Crippen molar-refractivity contribution in [2.24, 2.45) is 0 Å². The fourth-order valence-electron chi connectivity index (χ4n) is 8.37. The predicted molar refractivity (Wildman–Crippen MR) is 234 cm³/mol. The van der Waals surface area contributed by atoms with Gasteiger partial charge in [0, 0.05) is 49.9 Å². The van der Waals surface area contributed by atoms with E-state index in [1.807, 2.05) is 6.20 Å². The first-order valence-electron chi connectivity index (χ1n) is 19.0. The number of rotatable bonds is 6. The Hall–Kier alpha value is -7.56. The molecular weight excluding hydrogens is 681 g/mol. The lowest BCUT2D eigenvalue weighted by Crippen LogP contribution is -2.10. The molecule has 0 spiro atoms. The van der Waals surface area contributed by atoms with Gasteiger partial charge in [-0.1, -0.05) is 140 Å². The van der Waals surface area contributed by atoms with E-state index in [4.69, 9.17) is 9.97 Å². The van der Waals surface area contributed by atoms with Crippen LogP contribution < -0.4 is 4.90 Å². The standard InChI is InChI=1S/C52H34N4/c1-2-12-38(13-3-1)55(40-30-32-41(33-31-40)56-49-20-10-8-16-44(49)45-17-9-11-21-50(45)56)39-28-26-36(27-29-39)35-22-24-37(25-23-35)48-34-53-51-46-18-6-4-14-42(46)43-15-5-7-19-47(43)52(51)54-48/h1-34H. The molecule has 0 atom stereocenters. The van der Waals surface area contributed by atoms with E-state index in [2.05, 4.69) is 210 Å². The molecular formula is C52H34N4. The summed E-state index contributed by atoms with van der Waals surface area (Å²) in [5, 5.41) is 7.17. The zero-order valence-electron chi connectivity index (χ0n) is 30.4. The number of hydrogen-bond donors (Lipinski definition) is 0. The van der Waals surface area contributed by atoms with Crippen molar-refractivity contribution in [1.82, 2.24) is 14.5 Å². The zero-order valence-corrected chi connectivity index (χ0v) is 30.4. The Bertz CT molecular complexity index is 3130. The third kappa shape index (κ3) is 5.23. The molecule has 0 N–H and O–H groups in total. The lowest BCUT2D eigenvalue weighted by Gasteiger charge is -2.26. The molecule has 9 aromatic carbocycles. The maximum Gasteiger partial charge on any atom is 0.0979 e. The summed E-state index contributed by atoms with van der Waals surface area (Å²) in [5.74, 6) is 0. The van der Waals surface area contributed by atoms with Crippen LogP contribution in [-0.4, -0.2) is 14.5 Å². The maximum absolute atomic E-state index is 5.19. The molecule has 0 bridgehead atoms. The van der Waals surface area contributed by atoms with E-state index in [-0.39, 0.29) is 0 Å². The highest BCUT2D eigenvalue weighted by atomic mass is 15.1. The summed E-state index contributed by atoms with van der Waals surface area (Å²) in [6.45, 7) is 0. The largest absolute Gasteiger partial charge is 0.311 e. The van der Waals surface area contributed by atoms with Gasteiger partial charge < -0.3 is 9.47 Å². The first kappa shape index (κ1) is 31.9. The van der Waals surface area contributed by atoms with Crippen molar-refractivity contribution in [1.29, 1.82) is 0 Å². The third-order valence-corrected chi connectivity index (χ3v) is 11.0. The SMILES string of the molecule is c1ccc(N(c2ccc(-c3ccc(-c4cnc5c6ccccc6c6ccccc6c5n4)cc3)cc2)c2ccc(-n3c4ccccc4c4ccccc43)cc2)cc1. The van der Waals surface area contributed by atoms with Crippen LogP contribution in [0.2, 0.25) is 0 Å². The summed E-state index contributed by atoms with van der Waals surface area (Å²) in [7, 11) is 0. The zero-order chi connectivity index (χ0) is 37.0. The minimum Gasteiger partial charge on any atom is -0.311 e. The summed E-state index contributed by atoms with van der Waals surface area (Å²) >= 11 is 0. The van der Waals surface area contributed by atoms with E-state index in [1.54, 1.807) is 0 Å². The van der Waals surface area contributed by atoms with Gasteiger partial charge in [-0.3, -0.25) is 4.98 Å². The molecule has 0 radical (unpaired) electrons. The van der Waals surface area contributed by atoms with Crippen molar-refractivity contribution in [2.45, 2.75) is 0 Å². The highest BCUT2D eigenvalue weighted by Gasteiger charge is 2.16. The third-order valence-electron chi connectivity index (χ3n) is 11.0. The molecule has 0 aliphatic rings. The van der Waals surface area contributed by atoms with Crippen molar-refractivity contribution < 1.29 is 0 Å². The Morgan fingerprint density at radius 3 is 1.36 bits per heavy atom. The average Bonchev–Trinajstić information content (AvgIpc) is 3.62. The summed E-state index contributed by atoms with van der Waals surface area (Å²) in [4.78, 5) is 12.5. The van der Waals surface area contributed by atoms with E-state index in [9.17, 15) is 0 Å². The minimum absolute atomic E-state index is 0.863. The van der Waals surface area contributed by atoms with Crippen LogP contribution in [0.4, 0.5) is 17.1 Å². The fourth-order valence-corrected chi connectivity index (χ4v) is 8.37. The van der Waals surface area contributed by atoms with E-state index < -0.39 is 0 Å². The maximum atomic E-state index is 5.19. The number of hydrogen-bond acceptors (Lipinski definition) is 3. The Balaban J connectivity index is 0.915. The van der Waals surface area contributed by atoms with Gasteiger partial charge in [0.15, 0.2) is 0 Å². The summed E-state index contributed by atoms with van der Waals surface area (Å²) in [6, 6.07) is 71.2. The number of anilines is 3. The van der Waals surface area contributed by atoms with Crippen LogP contribution in [-0.2, 0) is 0 Å². The Morgan fingerprint density at radius 1 is 0.339 bits per heavy atom. The van der Waals surface area contributed by atoms with Crippen molar-refractivity contribution >= 4 is 71.4 Å². The molecule has 0 saturated carbocycles. The van der Waals surface area contributed by atoms with Gasteiger partial charge in [0.2, 0.25) is 0 Å². The molecule has 4 nitrogen and oxygen atoms in total. The lowest BCUT2D eigenvalue weighted by atomic mass is 9.99. The monoisotopic (exact) mass is 714 g/mol. The second-order valence-electron chi connectivity index (χ2n) is 14.2. The normalized spacial score (nSPS) is 11.6. The van der Waals surface area contributed by atoms with Gasteiger partial charge in [-0.2, -0.15) is 0 Å².